The van der Waals surface area contributed by atoms with Crippen LogP contribution in [0.1, 0.15) is 12.8 Å². The molecule has 0 aliphatic rings. The van der Waals surface area contributed by atoms with Gasteiger partial charge in [0.1, 0.15) is 19.8 Å². The van der Waals surface area contributed by atoms with E-state index in [9.17, 15) is 14.4 Å². The first-order chi connectivity index (χ1) is 13.0. The van der Waals surface area contributed by atoms with E-state index in [0.29, 0.717) is 32.7 Å². The molecule has 0 aromatic carbocycles. The molecule has 0 aromatic rings. The molecular formula is C21H26O6. The van der Waals surface area contributed by atoms with Crippen molar-refractivity contribution in [2.24, 2.45) is 5.92 Å². The normalized spacial score (nSPS) is 10.7. The van der Waals surface area contributed by atoms with E-state index in [2.05, 4.69) is 36.9 Å². The third kappa shape index (κ3) is 15.4. The molecule has 146 valence electrons. The van der Waals surface area contributed by atoms with E-state index in [1.54, 1.807) is 0 Å². The first-order valence-electron chi connectivity index (χ1n) is 8.42. The zero-order valence-electron chi connectivity index (χ0n) is 15.5. The molecule has 6 nitrogen and oxygen atoms in total. The molecule has 0 saturated carbocycles. The van der Waals surface area contributed by atoms with Gasteiger partial charge in [-0.3, -0.25) is 14.4 Å². The van der Waals surface area contributed by atoms with E-state index in [-0.39, 0.29) is 43.1 Å². The van der Waals surface area contributed by atoms with Gasteiger partial charge in [-0.25, -0.2) is 0 Å². The first-order valence-corrected chi connectivity index (χ1v) is 8.42. The summed E-state index contributed by atoms with van der Waals surface area (Å²) in [4.78, 5) is 34.0. The van der Waals surface area contributed by atoms with Crippen LogP contribution in [0, 0.1) is 5.92 Å². The molecule has 27 heavy (non-hydrogen) atoms. The highest BCUT2D eigenvalue weighted by molar-refractivity contribution is 5.91. The second kappa shape index (κ2) is 16.9. The van der Waals surface area contributed by atoms with Crippen LogP contribution in [0.15, 0.2) is 55.2 Å². The average molecular weight is 374 g/mol. The van der Waals surface area contributed by atoms with Crippen molar-refractivity contribution in [3.63, 3.8) is 0 Å². The van der Waals surface area contributed by atoms with E-state index in [1.165, 1.54) is 18.2 Å². The van der Waals surface area contributed by atoms with E-state index in [0.717, 1.165) is 0 Å². The summed E-state index contributed by atoms with van der Waals surface area (Å²) in [6, 6.07) is 0. The molecule has 0 radical (unpaired) electrons. The fourth-order valence-corrected chi connectivity index (χ4v) is 1.95. The van der Waals surface area contributed by atoms with E-state index >= 15 is 0 Å². The number of ether oxygens (including phenoxy) is 3. The molecular weight excluding hydrogens is 348 g/mol. The van der Waals surface area contributed by atoms with Crippen molar-refractivity contribution in [3.8, 4) is 0 Å². The molecule has 0 aliphatic carbocycles. The van der Waals surface area contributed by atoms with Crippen LogP contribution in [0.5, 0.6) is 0 Å². The minimum Gasteiger partial charge on any atom is -0.373 e. The second-order valence-electron chi connectivity index (χ2n) is 5.51. The van der Waals surface area contributed by atoms with E-state index in [4.69, 9.17) is 14.2 Å². The first kappa shape index (κ1) is 24.5. The van der Waals surface area contributed by atoms with Crippen molar-refractivity contribution >= 4 is 17.3 Å². The Morgan fingerprint density at radius 2 is 1.07 bits per heavy atom. The highest BCUT2D eigenvalue weighted by Gasteiger charge is 2.11. The van der Waals surface area contributed by atoms with Gasteiger partial charge in [-0.15, -0.1) is 17.2 Å². The molecule has 0 heterocycles. The summed E-state index contributed by atoms with van der Waals surface area (Å²) in [6.45, 7) is 10.9. The lowest BCUT2D eigenvalue weighted by atomic mass is 10.0. The maximum absolute atomic E-state index is 11.4. The molecule has 0 unspecified atom stereocenters. The molecule has 0 aromatic heterocycles. The SMILES string of the molecule is C=C=CC(=O)COCCC(CCOCC(=O)C=C=C)COCC(=O)C=C=C. The fourth-order valence-electron chi connectivity index (χ4n) is 1.95. The van der Waals surface area contributed by atoms with Crippen LogP contribution in [-0.2, 0) is 28.6 Å². The Labute approximate surface area is 160 Å². The lowest BCUT2D eigenvalue weighted by molar-refractivity contribution is -0.121. The summed E-state index contributed by atoms with van der Waals surface area (Å²) in [5.41, 5.74) is 7.19. The van der Waals surface area contributed by atoms with Gasteiger partial charge in [-0.05, 0) is 18.8 Å². The van der Waals surface area contributed by atoms with Crippen molar-refractivity contribution in [3.05, 3.63) is 55.2 Å². The summed E-state index contributed by atoms with van der Waals surface area (Å²) in [5.74, 6) is -0.603. The number of carbonyl (C=O) groups is 3. The fraction of sp³-hybridized carbons (Fsp3) is 0.429. The van der Waals surface area contributed by atoms with Crippen LogP contribution in [-0.4, -0.2) is 57.0 Å². The average Bonchev–Trinajstić information content (AvgIpc) is 2.62. The third-order valence-electron chi connectivity index (χ3n) is 3.22. The minimum absolute atomic E-state index is 0.0422. The van der Waals surface area contributed by atoms with Crippen molar-refractivity contribution in [2.75, 3.05) is 39.6 Å². The Balaban J connectivity index is 4.29. The lowest BCUT2D eigenvalue weighted by Crippen LogP contribution is -2.19. The Morgan fingerprint density at radius 3 is 1.44 bits per heavy atom. The number of hydrogen-bond donors (Lipinski definition) is 0. The van der Waals surface area contributed by atoms with Gasteiger partial charge < -0.3 is 14.2 Å². The number of ketones is 3. The Morgan fingerprint density at radius 1 is 0.704 bits per heavy atom. The summed E-state index contributed by atoms with van der Waals surface area (Å²) >= 11 is 0. The van der Waals surface area contributed by atoms with Crippen LogP contribution in [0.4, 0.5) is 0 Å². The van der Waals surface area contributed by atoms with Gasteiger partial charge in [-0.2, -0.15) is 0 Å². The highest BCUT2D eigenvalue weighted by Crippen LogP contribution is 2.10. The molecule has 0 fully saturated rings. The van der Waals surface area contributed by atoms with Gasteiger partial charge >= 0.3 is 0 Å². The minimum atomic E-state index is -0.222. The van der Waals surface area contributed by atoms with E-state index in [1.807, 2.05) is 0 Å². The highest BCUT2D eigenvalue weighted by atomic mass is 16.5. The number of carbonyl (C=O) groups excluding carboxylic acids is 3. The summed E-state index contributed by atoms with van der Waals surface area (Å²) in [7, 11) is 0. The van der Waals surface area contributed by atoms with Gasteiger partial charge in [0.2, 0.25) is 0 Å². The lowest BCUT2D eigenvalue weighted by Gasteiger charge is -2.16. The van der Waals surface area contributed by atoms with Crippen LogP contribution in [0.3, 0.4) is 0 Å². The maximum Gasteiger partial charge on any atom is 0.188 e. The molecule has 6 heteroatoms. The van der Waals surface area contributed by atoms with Crippen LogP contribution >= 0.6 is 0 Å². The zero-order valence-corrected chi connectivity index (χ0v) is 15.5. The van der Waals surface area contributed by atoms with Gasteiger partial charge in [0.25, 0.3) is 0 Å². The predicted molar refractivity (Wildman–Crippen MR) is 101 cm³/mol. The summed E-state index contributed by atoms with van der Waals surface area (Å²) in [6.07, 6.45) is 4.89. The molecule has 0 saturated heterocycles. The van der Waals surface area contributed by atoms with Crippen molar-refractivity contribution in [1.82, 2.24) is 0 Å². The topological polar surface area (TPSA) is 78.9 Å². The molecule has 0 aliphatic heterocycles. The van der Waals surface area contributed by atoms with Gasteiger partial charge in [0.15, 0.2) is 17.3 Å². The second-order valence-corrected chi connectivity index (χ2v) is 5.51. The van der Waals surface area contributed by atoms with Gasteiger partial charge in [0.05, 0.1) is 6.61 Å². The van der Waals surface area contributed by atoms with E-state index < -0.39 is 0 Å². The number of rotatable bonds is 17. The quantitative estimate of drug-likeness (QED) is 0.221. The molecule has 0 N–H and O–H groups in total. The Hall–Kier alpha value is -2.55. The summed E-state index contributed by atoms with van der Waals surface area (Å²) in [5, 5.41) is 0. The zero-order chi connectivity index (χ0) is 20.3. The number of hydrogen-bond acceptors (Lipinski definition) is 6. The maximum atomic E-state index is 11.4. The van der Waals surface area contributed by atoms with Crippen molar-refractivity contribution in [2.45, 2.75) is 12.8 Å². The molecule has 0 amide bonds. The van der Waals surface area contributed by atoms with Crippen LogP contribution in [0.2, 0.25) is 0 Å². The standard InChI is InChI=1S/C21H26O6/c1-4-7-19(22)15-25-12-10-18(14-27-17-21(24)9-6-3)11-13-26-16-20(23)8-5-2/h7-9,18H,1-3,10-17H2. The third-order valence-corrected chi connectivity index (χ3v) is 3.22. The smallest absolute Gasteiger partial charge is 0.188 e. The molecule has 0 spiro atoms. The Bertz CT molecular complexity index is 591. The van der Waals surface area contributed by atoms with Crippen LogP contribution < -0.4 is 0 Å². The van der Waals surface area contributed by atoms with Gasteiger partial charge in [-0.1, -0.05) is 19.7 Å². The molecule has 0 rings (SSSR count). The van der Waals surface area contributed by atoms with Crippen LogP contribution in [0.25, 0.3) is 0 Å². The monoisotopic (exact) mass is 374 g/mol. The van der Waals surface area contributed by atoms with Crippen molar-refractivity contribution in [1.29, 1.82) is 0 Å². The summed E-state index contributed by atoms with van der Waals surface area (Å²) < 4.78 is 16.0. The largest absolute Gasteiger partial charge is 0.373 e. The predicted octanol–water partition coefficient (Wildman–Crippen LogP) is 2.16. The molecule has 0 bridgehead atoms. The Kier molecular flexibility index (Phi) is 15.3. The van der Waals surface area contributed by atoms with Gasteiger partial charge in [0, 0.05) is 31.4 Å². The molecule has 0 atom stereocenters. The van der Waals surface area contributed by atoms with Crippen molar-refractivity contribution < 1.29 is 28.6 Å².